The maximum atomic E-state index is 10.6. The van der Waals surface area contributed by atoms with Crippen LogP contribution < -0.4 is 4.74 Å². The lowest BCUT2D eigenvalue weighted by molar-refractivity contribution is -0.295. The maximum absolute atomic E-state index is 10.6. The first-order valence-corrected chi connectivity index (χ1v) is 10.2. The fourth-order valence-corrected chi connectivity index (χ4v) is 2.84. The molecule has 2 unspecified atom stereocenters. The second-order valence-corrected chi connectivity index (χ2v) is 7.39. The lowest BCUT2D eigenvalue weighted by Crippen LogP contribution is -2.41. The summed E-state index contributed by atoms with van der Waals surface area (Å²) >= 11 is 0. The number of methoxy groups -OCH3 is 1. The van der Waals surface area contributed by atoms with Gasteiger partial charge in [0.25, 0.3) is 0 Å². The monoisotopic (exact) mass is 392 g/mol. The van der Waals surface area contributed by atoms with Crippen LogP contribution in [-0.2, 0) is 14.3 Å². The van der Waals surface area contributed by atoms with E-state index in [1.54, 1.807) is 7.11 Å². The summed E-state index contributed by atoms with van der Waals surface area (Å²) in [5.41, 5.74) is 1.01. The summed E-state index contributed by atoms with van der Waals surface area (Å²) in [5.74, 6) is -0.470. The molecule has 2 atom stereocenters. The summed E-state index contributed by atoms with van der Waals surface area (Å²) in [4.78, 5) is 10.6. The van der Waals surface area contributed by atoms with Gasteiger partial charge in [0.05, 0.1) is 19.8 Å². The van der Waals surface area contributed by atoms with Crippen molar-refractivity contribution in [3.8, 4) is 5.75 Å². The Kier molecular flexibility index (Phi) is 10.9. The minimum atomic E-state index is -0.780. The quantitative estimate of drug-likeness (QED) is 0.570. The third kappa shape index (κ3) is 8.44. The number of unbranched alkanes of at least 4 members (excludes halogenated alkanes) is 1. The van der Waals surface area contributed by atoms with Crippen LogP contribution in [0.5, 0.6) is 5.75 Å². The van der Waals surface area contributed by atoms with Crippen LogP contribution in [0.2, 0.25) is 0 Å². The van der Waals surface area contributed by atoms with Crippen molar-refractivity contribution in [3.63, 3.8) is 0 Å². The molecule has 5 nitrogen and oxygen atoms in total. The van der Waals surface area contributed by atoms with E-state index in [0.717, 1.165) is 17.7 Å². The number of hydrogen-bond acceptors (Lipinski definition) is 4. The van der Waals surface area contributed by atoms with E-state index < -0.39 is 11.8 Å². The van der Waals surface area contributed by atoms with Gasteiger partial charge in [-0.3, -0.25) is 4.79 Å². The number of rotatable bonds is 8. The summed E-state index contributed by atoms with van der Waals surface area (Å²) in [6.07, 6.45) is 7.88. The highest BCUT2D eigenvalue weighted by Crippen LogP contribution is 2.41. The van der Waals surface area contributed by atoms with Crippen LogP contribution in [0.4, 0.5) is 0 Å². The highest BCUT2D eigenvalue weighted by Gasteiger charge is 2.37. The molecule has 158 valence electrons. The standard InChI is InChI=1S/C19H26O5.C4H10/c1-19(2)23-13-14(9-5-4-6-12-17(20)21)18(24-19)15-10-7-8-11-16(15)22-3;1-3-4-2/h4-5,7-8,10-11,14,18H,6,9,12-13H2,1-3H3,(H,20,21);3-4H2,1-2H3/b5-4-;. The Morgan fingerprint density at radius 1 is 1.25 bits per heavy atom. The van der Waals surface area contributed by atoms with Crippen LogP contribution in [0, 0.1) is 5.92 Å². The largest absolute Gasteiger partial charge is 0.496 e. The van der Waals surface area contributed by atoms with E-state index in [-0.39, 0.29) is 18.4 Å². The topological polar surface area (TPSA) is 65.0 Å². The highest BCUT2D eigenvalue weighted by molar-refractivity contribution is 5.66. The molecule has 0 aromatic heterocycles. The van der Waals surface area contributed by atoms with Crippen LogP contribution >= 0.6 is 0 Å². The molecule has 1 saturated heterocycles. The zero-order chi connectivity index (χ0) is 21.0. The number of aliphatic carboxylic acids is 1. The van der Waals surface area contributed by atoms with Crippen molar-refractivity contribution in [2.45, 2.75) is 71.7 Å². The van der Waals surface area contributed by atoms with E-state index in [4.69, 9.17) is 19.3 Å². The average Bonchev–Trinajstić information content (AvgIpc) is 2.68. The Morgan fingerprint density at radius 2 is 1.93 bits per heavy atom. The molecule has 1 fully saturated rings. The number of ether oxygens (including phenoxy) is 3. The van der Waals surface area contributed by atoms with Gasteiger partial charge in [0.15, 0.2) is 5.79 Å². The molecular weight excluding hydrogens is 356 g/mol. The van der Waals surface area contributed by atoms with Crippen molar-refractivity contribution < 1.29 is 24.1 Å². The van der Waals surface area contributed by atoms with Crippen molar-refractivity contribution in [3.05, 3.63) is 42.0 Å². The predicted molar refractivity (Wildman–Crippen MR) is 112 cm³/mol. The Bertz CT molecular complexity index is 607. The van der Waals surface area contributed by atoms with Gasteiger partial charge in [-0.2, -0.15) is 0 Å². The summed E-state index contributed by atoms with van der Waals surface area (Å²) < 4.78 is 17.5. The molecule has 1 aliphatic rings. The van der Waals surface area contributed by atoms with Crippen molar-refractivity contribution in [1.82, 2.24) is 0 Å². The van der Waals surface area contributed by atoms with Crippen LogP contribution in [0.1, 0.15) is 71.5 Å². The number of carbonyl (C=O) groups is 1. The molecule has 2 rings (SSSR count). The minimum Gasteiger partial charge on any atom is -0.496 e. The Morgan fingerprint density at radius 3 is 2.54 bits per heavy atom. The van der Waals surface area contributed by atoms with E-state index in [9.17, 15) is 4.79 Å². The van der Waals surface area contributed by atoms with Crippen molar-refractivity contribution in [2.75, 3.05) is 13.7 Å². The molecule has 1 aromatic rings. The van der Waals surface area contributed by atoms with E-state index in [1.165, 1.54) is 12.8 Å². The number of carboxylic acid groups (broad SMARTS) is 1. The zero-order valence-corrected chi connectivity index (χ0v) is 17.9. The fourth-order valence-electron chi connectivity index (χ4n) is 2.84. The van der Waals surface area contributed by atoms with Gasteiger partial charge in [0.2, 0.25) is 0 Å². The molecule has 0 spiro atoms. The number of para-hydroxylation sites is 1. The molecule has 0 radical (unpaired) electrons. The Hall–Kier alpha value is -1.85. The predicted octanol–water partition coefficient (Wildman–Crippen LogP) is 5.75. The first-order chi connectivity index (χ1) is 13.3. The van der Waals surface area contributed by atoms with Crippen molar-refractivity contribution in [2.24, 2.45) is 5.92 Å². The van der Waals surface area contributed by atoms with Crippen LogP contribution in [0.25, 0.3) is 0 Å². The summed E-state index contributed by atoms with van der Waals surface area (Å²) in [6, 6.07) is 7.87. The molecule has 0 amide bonds. The van der Waals surface area contributed by atoms with Gasteiger partial charge in [0.1, 0.15) is 5.75 Å². The molecule has 5 heteroatoms. The van der Waals surface area contributed by atoms with E-state index in [0.29, 0.717) is 13.0 Å². The lowest BCUT2D eigenvalue weighted by atomic mass is 9.91. The average molecular weight is 393 g/mol. The SMILES string of the molecule is CCCC.COc1ccccc1C1OC(C)(C)OCC1C/C=C\CCC(=O)O. The molecular formula is C23H36O5. The van der Waals surface area contributed by atoms with E-state index in [2.05, 4.69) is 13.8 Å². The number of carboxylic acids is 1. The second-order valence-electron chi connectivity index (χ2n) is 7.39. The zero-order valence-electron chi connectivity index (χ0n) is 17.9. The van der Waals surface area contributed by atoms with Crippen LogP contribution in [0.15, 0.2) is 36.4 Å². The molecule has 0 bridgehead atoms. The van der Waals surface area contributed by atoms with E-state index in [1.807, 2.05) is 50.3 Å². The summed E-state index contributed by atoms with van der Waals surface area (Å²) in [5, 5.41) is 8.68. The molecule has 28 heavy (non-hydrogen) atoms. The smallest absolute Gasteiger partial charge is 0.303 e. The van der Waals surface area contributed by atoms with Crippen molar-refractivity contribution in [1.29, 1.82) is 0 Å². The first kappa shape index (κ1) is 24.2. The summed E-state index contributed by atoms with van der Waals surface area (Å²) in [7, 11) is 1.66. The van der Waals surface area contributed by atoms with Gasteiger partial charge < -0.3 is 19.3 Å². The molecule has 0 saturated carbocycles. The van der Waals surface area contributed by atoms with Gasteiger partial charge in [-0.1, -0.05) is 57.0 Å². The molecule has 0 aliphatic carbocycles. The number of allylic oxidation sites excluding steroid dienone is 2. The number of benzene rings is 1. The van der Waals surface area contributed by atoms with Gasteiger partial charge in [-0.05, 0) is 32.8 Å². The minimum absolute atomic E-state index is 0.131. The lowest BCUT2D eigenvalue weighted by Gasteiger charge is -2.41. The van der Waals surface area contributed by atoms with Gasteiger partial charge in [0, 0.05) is 17.9 Å². The third-order valence-corrected chi connectivity index (χ3v) is 4.56. The van der Waals surface area contributed by atoms with Crippen LogP contribution in [-0.4, -0.2) is 30.6 Å². The number of hydrogen-bond donors (Lipinski definition) is 1. The molecule has 1 aliphatic heterocycles. The molecule has 1 N–H and O–H groups in total. The maximum Gasteiger partial charge on any atom is 0.303 e. The van der Waals surface area contributed by atoms with Crippen molar-refractivity contribution >= 4 is 5.97 Å². The van der Waals surface area contributed by atoms with Gasteiger partial charge in [-0.15, -0.1) is 0 Å². The highest BCUT2D eigenvalue weighted by atomic mass is 16.7. The molecule has 1 heterocycles. The van der Waals surface area contributed by atoms with Gasteiger partial charge in [-0.25, -0.2) is 0 Å². The van der Waals surface area contributed by atoms with Gasteiger partial charge >= 0.3 is 5.97 Å². The second kappa shape index (κ2) is 12.6. The summed E-state index contributed by atoms with van der Waals surface area (Å²) in [6.45, 7) is 8.77. The first-order valence-electron chi connectivity index (χ1n) is 10.2. The normalized spacial score (nSPS) is 21.0. The Labute approximate surface area is 169 Å². The Balaban J connectivity index is 0.000000892. The molecule has 1 aromatic carbocycles. The van der Waals surface area contributed by atoms with E-state index >= 15 is 0 Å². The fraction of sp³-hybridized carbons (Fsp3) is 0.609. The van der Waals surface area contributed by atoms with Crippen LogP contribution in [0.3, 0.4) is 0 Å². The third-order valence-electron chi connectivity index (χ3n) is 4.56.